The molecule has 0 aliphatic carbocycles. The van der Waals surface area contributed by atoms with E-state index in [1.54, 1.807) is 17.0 Å². The lowest BCUT2D eigenvalue weighted by Gasteiger charge is -2.47. The third kappa shape index (κ3) is 10.6. The number of hydrogen-bond donors (Lipinski definition) is 3. The van der Waals surface area contributed by atoms with Crippen molar-refractivity contribution in [3.8, 4) is 11.5 Å². The molecule has 4 amide bonds. The van der Waals surface area contributed by atoms with Crippen LogP contribution in [0.3, 0.4) is 0 Å². The minimum absolute atomic E-state index is 0.00157. The van der Waals surface area contributed by atoms with Crippen LogP contribution in [-0.2, 0) is 44.6 Å². The molecular formula is C34H48N4O12. The number of esters is 1. The third-order valence-corrected chi connectivity index (χ3v) is 9.13. The van der Waals surface area contributed by atoms with E-state index in [1.165, 1.54) is 14.0 Å². The van der Waals surface area contributed by atoms with Crippen LogP contribution >= 0.6 is 0 Å². The summed E-state index contributed by atoms with van der Waals surface area (Å²) in [6.07, 6.45) is 2.14. The molecule has 4 aliphatic heterocycles. The number of carbonyl (C=O) groups excluding carboxylic acids is 5. The zero-order chi connectivity index (χ0) is 35.5. The molecule has 3 N–H and O–H groups in total. The van der Waals surface area contributed by atoms with Crippen LogP contribution < -0.4 is 25.4 Å². The second kappa shape index (κ2) is 17.6. The van der Waals surface area contributed by atoms with Gasteiger partial charge in [0.05, 0.1) is 19.3 Å². The smallest absolute Gasteiger partial charge is 0.407 e. The first kappa shape index (κ1) is 37.0. The third-order valence-electron chi connectivity index (χ3n) is 9.13. The van der Waals surface area contributed by atoms with E-state index in [4.69, 9.17) is 28.4 Å². The fourth-order valence-corrected chi connectivity index (χ4v) is 6.64. The number of ether oxygens (including phenoxy) is 7. The maximum atomic E-state index is 13.0. The molecule has 5 atom stereocenters. The minimum atomic E-state index is -1.12. The van der Waals surface area contributed by atoms with Crippen LogP contribution in [0.5, 0.6) is 11.5 Å². The van der Waals surface area contributed by atoms with Gasteiger partial charge in [-0.25, -0.2) is 14.4 Å². The Labute approximate surface area is 291 Å². The van der Waals surface area contributed by atoms with Crippen molar-refractivity contribution >= 4 is 30.0 Å². The number of rotatable bonds is 14. The molecule has 4 aliphatic rings. The lowest BCUT2D eigenvalue weighted by atomic mass is 9.90. The number of benzene rings is 1. The average molecular weight is 705 g/mol. The van der Waals surface area contributed by atoms with Crippen molar-refractivity contribution in [2.45, 2.75) is 108 Å². The summed E-state index contributed by atoms with van der Waals surface area (Å²) < 4.78 is 39.7. The summed E-state index contributed by atoms with van der Waals surface area (Å²) in [5.41, 5.74) is 0.809. The second-order valence-electron chi connectivity index (χ2n) is 13.0. The average Bonchev–Trinajstić information content (AvgIpc) is 3.75. The fraction of sp³-hybridized carbons (Fsp3) is 0.676. The van der Waals surface area contributed by atoms with Crippen LogP contribution in [0.1, 0.15) is 76.7 Å². The van der Waals surface area contributed by atoms with Gasteiger partial charge in [0, 0.05) is 58.3 Å². The lowest BCUT2D eigenvalue weighted by molar-refractivity contribution is -0.329. The topological polar surface area (TPSA) is 189 Å². The summed E-state index contributed by atoms with van der Waals surface area (Å²) in [5, 5.41) is 8.12. The Balaban J connectivity index is 1.13. The maximum Gasteiger partial charge on any atom is 0.407 e. The van der Waals surface area contributed by atoms with Gasteiger partial charge >= 0.3 is 18.2 Å². The summed E-state index contributed by atoms with van der Waals surface area (Å²) in [4.78, 5) is 63.3. The highest BCUT2D eigenvalue weighted by Gasteiger charge is 2.47. The molecule has 4 unspecified atom stereocenters. The zero-order valence-corrected chi connectivity index (χ0v) is 28.7. The largest absolute Gasteiger partial charge is 0.467 e. The predicted octanol–water partition coefficient (Wildman–Crippen LogP) is 2.65. The van der Waals surface area contributed by atoms with Crippen LogP contribution in [0, 0.1) is 0 Å². The van der Waals surface area contributed by atoms with Crippen LogP contribution in [0.4, 0.5) is 9.59 Å². The highest BCUT2D eigenvalue weighted by atomic mass is 16.7. The molecule has 0 bridgehead atoms. The molecule has 3 saturated heterocycles. The van der Waals surface area contributed by atoms with E-state index in [0.717, 1.165) is 18.5 Å². The zero-order valence-electron chi connectivity index (χ0n) is 28.7. The molecule has 4 heterocycles. The summed E-state index contributed by atoms with van der Waals surface area (Å²) in [6, 6.07) is 4.60. The Kier molecular flexibility index (Phi) is 13.0. The van der Waals surface area contributed by atoms with Gasteiger partial charge in [-0.05, 0) is 56.7 Å². The van der Waals surface area contributed by atoms with Crippen molar-refractivity contribution in [2.24, 2.45) is 0 Å². The van der Waals surface area contributed by atoms with Crippen molar-refractivity contribution in [2.75, 3.05) is 40.1 Å². The Morgan fingerprint density at radius 3 is 2.68 bits per heavy atom. The molecule has 50 heavy (non-hydrogen) atoms. The van der Waals surface area contributed by atoms with E-state index in [1.807, 2.05) is 6.07 Å². The first-order chi connectivity index (χ1) is 24.1. The molecule has 0 saturated carbocycles. The van der Waals surface area contributed by atoms with Crippen LogP contribution in [0.2, 0.25) is 0 Å². The molecule has 3 fully saturated rings. The van der Waals surface area contributed by atoms with Crippen molar-refractivity contribution in [3.63, 3.8) is 0 Å². The Bertz CT molecular complexity index is 1380. The van der Waals surface area contributed by atoms with Gasteiger partial charge in [0.15, 0.2) is 17.3 Å². The number of alkyl carbamates (subject to hydrolysis) is 2. The van der Waals surface area contributed by atoms with Gasteiger partial charge in [-0.15, -0.1) is 0 Å². The first-order valence-electron chi connectivity index (χ1n) is 17.4. The first-order valence-corrected chi connectivity index (χ1v) is 17.4. The number of likely N-dealkylation sites (tertiary alicyclic amines) is 1. The second-order valence-corrected chi connectivity index (χ2v) is 13.0. The molecule has 16 heteroatoms. The van der Waals surface area contributed by atoms with Crippen molar-refractivity contribution in [1.82, 2.24) is 20.9 Å². The van der Waals surface area contributed by atoms with Gasteiger partial charge in [-0.1, -0.05) is 6.07 Å². The van der Waals surface area contributed by atoms with Gasteiger partial charge < -0.3 is 54.0 Å². The summed E-state index contributed by atoms with van der Waals surface area (Å²) >= 11 is 0. The minimum Gasteiger partial charge on any atom is -0.467 e. The van der Waals surface area contributed by atoms with Crippen LogP contribution in [0.15, 0.2) is 18.2 Å². The number of methoxy groups -OCH3 is 1. The van der Waals surface area contributed by atoms with Gasteiger partial charge in [0.2, 0.25) is 18.6 Å². The molecular weight excluding hydrogens is 656 g/mol. The molecule has 1 spiro atoms. The number of nitrogens with one attached hydrogen (secondary N) is 3. The normalized spacial score (nSPS) is 24.7. The highest BCUT2D eigenvalue weighted by Crippen LogP contribution is 2.41. The number of carbonyl (C=O) groups is 5. The number of fused-ring (bicyclic) bond motifs is 1. The lowest BCUT2D eigenvalue weighted by Crippen LogP contribution is -2.53. The molecule has 1 aromatic carbocycles. The van der Waals surface area contributed by atoms with E-state index in [2.05, 4.69) is 20.7 Å². The number of hydrogen-bond acceptors (Lipinski definition) is 12. The summed E-state index contributed by atoms with van der Waals surface area (Å²) in [6.45, 7) is 3.63. The summed E-state index contributed by atoms with van der Waals surface area (Å²) in [5.74, 6) is -0.619. The van der Waals surface area contributed by atoms with Gasteiger partial charge in [-0.3, -0.25) is 9.59 Å². The standard InChI is InChI=1S/C34H48N4O12/c1-22(31(41)44-2)37-29(39)11-9-24-17-26(48-33(43)36-19-23-8-10-27-28(16-23)47-21-46-27)18-34(49-24)12-3-6-25(50-34)20-45-32(42)35-13-5-15-38-14-4-7-30(38)40/h8,10,16,22,24-26H,3-7,9,11-15,17-21H2,1-2H3,(H,35,42)(H,36,43)(H,37,39)/t22-,24?,25?,26?,34?/m0/s1. The SMILES string of the molecule is COC(=O)[C@H](C)NC(=O)CCC1CC(OC(=O)NCc2ccc3c(c2)OCO3)CC2(CCCC(COC(=O)NCCCN3CCCC3=O)O2)O1. The quantitative estimate of drug-likeness (QED) is 0.146. The van der Waals surface area contributed by atoms with Crippen molar-refractivity contribution in [3.05, 3.63) is 23.8 Å². The summed E-state index contributed by atoms with van der Waals surface area (Å²) in [7, 11) is 1.25. The Morgan fingerprint density at radius 2 is 1.88 bits per heavy atom. The van der Waals surface area contributed by atoms with E-state index in [0.29, 0.717) is 63.1 Å². The van der Waals surface area contributed by atoms with E-state index in [-0.39, 0.29) is 51.0 Å². The van der Waals surface area contributed by atoms with Gasteiger partial charge in [-0.2, -0.15) is 0 Å². The number of nitrogens with zero attached hydrogens (tertiary/aromatic N) is 1. The molecule has 1 aromatic rings. The highest BCUT2D eigenvalue weighted by molar-refractivity contribution is 5.84. The van der Waals surface area contributed by atoms with Crippen molar-refractivity contribution < 1.29 is 57.1 Å². The van der Waals surface area contributed by atoms with E-state index >= 15 is 0 Å². The van der Waals surface area contributed by atoms with Crippen LogP contribution in [-0.4, -0.2) is 105 Å². The molecule has 0 aromatic heterocycles. The van der Waals surface area contributed by atoms with E-state index in [9.17, 15) is 24.0 Å². The molecule has 16 nitrogen and oxygen atoms in total. The molecule has 276 valence electrons. The van der Waals surface area contributed by atoms with Gasteiger partial charge in [0.25, 0.3) is 0 Å². The molecule has 5 rings (SSSR count). The molecule has 0 radical (unpaired) electrons. The Morgan fingerprint density at radius 1 is 1.06 bits per heavy atom. The number of amides is 4. The van der Waals surface area contributed by atoms with E-state index < -0.39 is 48.3 Å². The van der Waals surface area contributed by atoms with Gasteiger partial charge in [0.1, 0.15) is 18.8 Å². The maximum absolute atomic E-state index is 13.0. The fourth-order valence-electron chi connectivity index (χ4n) is 6.64. The monoisotopic (exact) mass is 704 g/mol. The van der Waals surface area contributed by atoms with Crippen molar-refractivity contribution in [1.29, 1.82) is 0 Å². The van der Waals surface area contributed by atoms with Crippen LogP contribution in [0.25, 0.3) is 0 Å². The Hall–Kier alpha value is -4.31. The predicted molar refractivity (Wildman–Crippen MR) is 174 cm³/mol.